The predicted octanol–water partition coefficient (Wildman–Crippen LogP) is 2.26. The Labute approximate surface area is 98.8 Å². The Morgan fingerprint density at radius 1 is 1.61 bits per heavy atom. The van der Waals surface area contributed by atoms with E-state index in [9.17, 15) is 23.3 Å². The Balaban J connectivity index is 3.32. The molecule has 0 spiro atoms. The van der Waals surface area contributed by atoms with Crippen LogP contribution in [0.3, 0.4) is 0 Å². The molecule has 1 aromatic rings. The van der Waals surface area contributed by atoms with Gasteiger partial charge in [-0.25, -0.2) is 4.98 Å². The molecule has 1 aromatic heterocycles. The number of rotatable bonds is 3. The number of pyridine rings is 1. The smallest absolute Gasteiger partial charge is 0.387 e. The summed E-state index contributed by atoms with van der Waals surface area (Å²) in [6, 6.07) is 2.58. The molecule has 18 heavy (non-hydrogen) atoms. The van der Waals surface area contributed by atoms with Crippen molar-refractivity contribution < 1.29 is 22.8 Å². The molecule has 9 heteroatoms. The second-order valence-corrected chi connectivity index (χ2v) is 3.20. The molecule has 0 atom stereocenters. The molecule has 0 N–H and O–H groups in total. The van der Waals surface area contributed by atoms with Crippen molar-refractivity contribution in [2.24, 2.45) is 0 Å². The summed E-state index contributed by atoms with van der Waals surface area (Å²) < 4.78 is 39.8. The van der Waals surface area contributed by atoms with Crippen LogP contribution in [0.1, 0.15) is 11.3 Å². The molecular weight excluding hydrogens is 255 g/mol. The lowest BCUT2D eigenvalue weighted by Gasteiger charge is -2.11. The zero-order valence-corrected chi connectivity index (χ0v) is 8.98. The molecule has 0 unspecified atom stereocenters. The van der Waals surface area contributed by atoms with E-state index in [1.807, 2.05) is 0 Å². The van der Waals surface area contributed by atoms with Gasteiger partial charge in [0.25, 0.3) is 5.69 Å². The van der Waals surface area contributed by atoms with E-state index < -0.39 is 22.9 Å². The lowest BCUT2D eigenvalue weighted by Crippen LogP contribution is -2.19. The topological polar surface area (TPSA) is 89.1 Å². The molecule has 0 aliphatic heterocycles. The highest BCUT2D eigenvalue weighted by atomic mass is 19.4. The summed E-state index contributed by atoms with van der Waals surface area (Å²) in [7, 11) is 0. The van der Waals surface area contributed by atoms with Gasteiger partial charge in [-0.05, 0) is 6.92 Å². The summed E-state index contributed by atoms with van der Waals surface area (Å²) in [5, 5.41) is 19.1. The lowest BCUT2D eigenvalue weighted by atomic mass is 10.2. The van der Waals surface area contributed by atoms with Crippen LogP contribution in [-0.4, -0.2) is 16.3 Å². The number of hydrogen-bond acceptors (Lipinski definition) is 5. The van der Waals surface area contributed by atoms with E-state index in [2.05, 4.69) is 9.72 Å². The van der Waals surface area contributed by atoms with Gasteiger partial charge in [-0.1, -0.05) is 0 Å². The van der Waals surface area contributed by atoms with Crippen LogP contribution in [0.2, 0.25) is 0 Å². The van der Waals surface area contributed by atoms with Crippen molar-refractivity contribution in [1.29, 1.82) is 5.26 Å². The second kappa shape index (κ2) is 4.87. The SMILES string of the molecule is Cc1c([N+](=O)[O-])cc(CC#N)nc1OC(F)(F)F. The third-order valence-corrected chi connectivity index (χ3v) is 1.92. The van der Waals surface area contributed by atoms with Gasteiger partial charge in [0.05, 0.1) is 28.7 Å². The number of nitro groups is 1. The van der Waals surface area contributed by atoms with Crippen molar-refractivity contribution in [3.8, 4) is 11.9 Å². The van der Waals surface area contributed by atoms with Gasteiger partial charge in [-0.15, -0.1) is 13.2 Å². The Morgan fingerprint density at radius 2 is 2.22 bits per heavy atom. The molecule has 0 aliphatic rings. The van der Waals surface area contributed by atoms with E-state index in [0.717, 1.165) is 13.0 Å². The van der Waals surface area contributed by atoms with E-state index in [-0.39, 0.29) is 17.7 Å². The van der Waals surface area contributed by atoms with E-state index in [0.29, 0.717) is 0 Å². The van der Waals surface area contributed by atoms with Crippen LogP contribution in [-0.2, 0) is 6.42 Å². The Kier molecular flexibility index (Phi) is 3.70. The normalized spacial score (nSPS) is 10.8. The molecule has 1 rings (SSSR count). The van der Waals surface area contributed by atoms with Crippen LogP contribution in [0.25, 0.3) is 0 Å². The quantitative estimate of drug-likeness (QED) is 0.615. The molecule has 0 amide bonds. The van der Waals surface area contributed by atoms with Gasteiger partial charge in [-0.3, -0.25) is 10.1 Å². The minimum Gasteiger partial charge on any atom is -0.387 e. The fraction of sp³-hybridized carbons (Fsp3) is 0.333. The van der Waals surface area contributed by atoms with Crippen LogP contribution in [0, 0.1) is 28.4 Å². The van der Waals surface area contributed by atoms with Crippen molar-refractivity contribution in [3.63, 3.8) is 0 Å². The van der Waals surface area contributed by atoms with Gasteiger partial charge >= 0.3 is 6.36 Å². The molecule has 1 heterocycles. The molecule has 0 aliphatic carbocycles. The maximum atomic E-state index is 12.1. The number of hydrogen-bond donors (Lipinski definition) is 0. The van der Waals surface area contributed by atoms with Crippen molar-refractivity contribution >= 4 is 5.69 Å². The monoisotopic (exact) mass is 261 g/mol. The minimum atomic E-state index is -5.00. The van der Waals surface area contributed by atoms with Gasteiger partial charge in [0, 0.05) is 6.07 Å². The van der Waals surface area contributed by atoms with Crippen LogP contribution in [0.5, 0.6) is 5.88 Å². The van der Waals surface area contributed by atoms with Crippen LogP contribution >= 0.6 is 0 Å². The van der Waals surface area contributed by atoms with Crippen molar-refractivity contribution in [1.82, 2.24) is 4.98 Å². The molecule has 0 saturated heterocycles. The fourth-order valence-corrected chi connectivity index (χ4v) is 1.19. The van der Waals surface area contributed by atoms with E-state index in [4.69, 9.17) is 5.26 Å². The predicted molar refractivity (Wildman–Crippen MR) is 51.6 cm³/mol. The van der Waals surface area contributed by atoms with Crippen molar-refractivity contribution in [3.05, 3.63) is 27.4 Å². The number of alkyl halides is 3. The number of nitriles is 1. The summed E-state index contributed by atoms with van der Waals surface area (Å²) in [4.78, 5) is 13.2. The zero-order chi connectivity index (χ0) is 13.9. The van der Waals surface area contributed by atoms with Gasteiger partial charge in [0.2, 0.25) is 5.88 Å². The van der Waals surface area contributed by atoms with Gasteiger partial charge < -0.3 is 4.74 Å². The zero-order valence-electron chi connectivity index (χ0n) is 8.98. The number of halogens is 3. The number of ether oxygens (including phenoxy) is 1. The molecule has 0 saturated carbocycles. The first kappa shape index (κ1) is 13.7. The standard InChI is InChI=1S/C9H6F3N3O3/c1-5-7(15(16)17)4-6(2-3-13)14-8(5)18-9(10,11)12/h4H,2H2,1H3. The first-order chi connectivity index (χ1) is 8.24. The average molecular weight is 261 g/mol. The highest BCUT2D eigenvalue weighted by Crippen LogP contribution is 2.30. The summed E-state index contributed by atoms with van der Waals surface area (Å²) in [6.07, 6.45) is -5.35. The van der Waals surface area contributed by atoms with E-state index in [1.54, 1.807) is 6.07 Å². The van der Waals surface area contributed by atoms with E-state index >= 15 is 0 Å². The molecule has 0 radical (unpaired) electrons. The highest BCUT2D eigenvalue weighted by molar-refractivity contribution is 5.46. The molecule has 96 valence electrons. The van der Waals surface area contributed by atoms with Gasteiger partial charge in [-0.2, -0.15) is 5.26 Å². The summed E-state index contributed by atoms with van der Waals surface area (Å²) in [5.41, 5.74) is -1.08. The molecule has 6 nitrogen and oxygen atoms in total. The third kappa shape index (κ3) is 3.31. The summed E-state index contributed by atoms with van der Waals surface area (Å²) in [5.74, 6) is -0.915. The molecular formula is C9H6F3N3O3. The van der Waals surface area contributed by atoms with Crippen molar-refractivity contribution in [2.75, 3.05) is 0 Å². The number of aromatic nitrogens is 1. The maximum absolute atomic E-state index is 12.1. The second-order valence-electron chi connectivity index (χ2n) is 3.20. The van der Waals surface area contributed by atoms with Crippen LogP contribution < -0.4 is 4.74 Å². The first-order valence-corrected chi connectivity index (χ1v) is 4.52. The summed E-state index contributed by atoms with van der Waals surface area (Å²) in [6.45, 7) is 1.09. The lowest BCUT2D eigenvalue weighted by molar-refractivity contribution is -0.385. The Morgan fingerprint density at radius 3 is 2.67 bits per heavy atom. The Bertz CT molecular complexity index is 522. The largest absolute Gasteiger partial charge is 0.574 e. The molecule has 0 aromatic carbocycles. The first-order valence-electron chi connectivity index (χ1n) is 4.52. The highest BCUT2D eigenvalue weighted by Gasteiger charge is 2.34. The molecule has 0 bridgehead atoms. The Hall–Kier alpha value is -2.37. The van der Waals surface area contributed by atoms with Crippen molar-refractivity contribution in [2.45, 2.75) is 19.7 Å². The van der Waals surface area contributed by atoms with Crippen LogP contribution in [0.15, 0.2) is 6.07 Å². The van der Waals surface area contributed by atoms with Gasteiger partial charge in [0.15, 0.2) is 0 Å². The minimum absolute atomic E-state index is 0.158. The summed E-state index contributed by atoms with van der Waals surface area (Å²) >= 11 is 0. The molecule has 0 fully saturated rings. The van der Waals surface area contributed by atoms with Crippen LogP contribution in [0.4, 0.5) is 18.9 Å². The van der Waals surface area contributed by atoms with E-state index in [1.165, 1.54) is 0 Å². The van der Waals surface area contributed by atoms with Gasteiger partial charge in [0.1, 0.15) is 0 Å². The maximum Gasteiger partial charge on any atom is 0.574 e. The fourth-order valence-electron chi connectivity index (χ4n) is 1.19. The third-order valence-electron chi connectivity index (χ3n) is 1.92. The average Bonchev–Trinajstić information content (AvgIpc) is 2.20. The number of nitrogens with zero attached hydrogens (tertiary/aromatic N) is 3.